The number of anilines is 1. The summed E-state index contributed by atoms with van der Waals surface area (Å²) in [5, 5.41) is 2.50. The number of ether oxygens (including phenoxy) is 1. The molecular weight excluding hydrogens is 396 g/mol. The first-order chi connectivity index (χ1) is 14.2. The minimum absolute atomic E-state index is 0.0653. The molecule has 2 aromatic heterocycles. The molecule has 0 saturated carbocycles. The van der Waals surface area contributed by atoms with Gasteiger partial charge in [-0.2, -0.15) is 0 Å². The molecule has 3 N–H and O–H groups in total. The maximum atomic E-state index is 12.3. The van der Waals surface area contributed by atoms with Gasteiger partial charge in [0.25, 0.3) is 11.5 Å². The highest BCUT2D eigenvalue weighted by atomic mass is 16.5. The van der Waals surface area contributed by atoms with Crippen molar-refractivity contribution in [1.82, 2.24) is 18.7 Å². The first kappa shape index (κ1) is 20.5. The van der Waals surface area contributed by atoms with Gasteiger partial charge in [0, 0.05) is 25.3 Å². The number of benzene rings is 1. The highest BCUT2D eigenvalue weighted by Gasteiger charge is 2.17. The number of fused-ring (bicyclic) bond motifs is 1. The van der Waals surface area contributed by atoms with Crippen LogP contribution in [0.3, 0.4) is 0 Å². The lowest BCUT2D eigenvalue weighted by Crippen LogP contribution is -2.37. The standard InChI is InChI=1S/C18H18N6O6/c1-22-16-14(17(28)23(2)18(22)29)24(9-20-16)7-13(26)30-8-12(25)21-11-5-3-10(4-6-11)15(19)27/h3-6,9H,7-8H2,1-2H3,(H2,19,27)(H,21,25). The third-order valence-electron chi connectivity index (χ3n) is 4.33. The summed E-state index contributed by atoms with van der Waals surface area (Å²) < 4.78 is 8.28. The van der Waals surface area contributed by atoms with Crippen molar-refractivity contribution < 1.29 is 19.1 Å². The number of imidazole rings is 1. The van der Waals surface area contributed by atoms with Gasteiger partial charge in [0.15, 0.2) is 17.8 Å². The van der Waals surface area contributed by atoms with Crippen molar-refractivity contribution in [3.05, 3.63) is 57.0 Å². The van der Waals surface area contributed by atoms with Crippen molar-refractivity contribution in [2.75, 3.05) is 11.9 Å². The molecule has 12 nitrogen and oxygen atoms in total. The molecule has 0 fully saturated rings. The zero-order valence-corrected chi connectivity index (χ0v) is 16.1. The van der Waals surface area contributed by atoms with Crippen molar-refractivity contribution in [1.29, 1.82) is 0 Å². The van der Waals surface area contributed by atoms with E-state index in [-0.39, 0.29) is 23.3 Å². The van der Waals surface area contributed by atoms with Crippen LogP contribution in [-0.4, -0.2) is 43.1 Å². The number of carbonyl (C=O) groups is 3. The second-order valence-corrected chi connectivity index (χ2v) is 6.40. The number of nitrogens with zero attached hydrogens (tertiary/aromatic N) is 4. The van der Waals surface area contributed by atoms with Crippen LogP contribution in [0, 0.1) is 0 Å². The molecule has 0 aliphatic rings. The van der Waals surface area contributed by atoms with E-state index in [1.54, 1.807) is 0 Å². The van der Waals surface area contributed by atoms with E-state index < -0.39 is 35.6 Å². The molecule has 2 heterocycles. The van der Waals surface area contributed by atoms with E-state index in [4.69, 9.17) is 10.5 Å². The van der Waals surface area contributed by atoms with Gasteiger partial charge in [-0.3, -0.25) is 28.3 Å². The van der Waals surface area contributed by atoms with Crippen molar-refractivity contribution in [3.63, 3.8) is 0 Å². The van der Waals surface area contributed by atoms with E-state index in [2.05, 4.69) is 10.3 Å². The number of amides is 2. The Morgan fingerprint density at radius 2 is 1.77 bits per heavy atom. The Bertz CT molecular complexity index is 1270. The molecule has 0 aliphatic carbocycles. The first-order valence-corrected chi connectivity index (χ1v) is 8.65. The predicted molar refractivity (Wildman–Crippen MR) is 105 cm³/mol. The Hall–Kier alpha value is -4.22. The third kappa shape index (κ3) is 3.97. The van der Waals surface area contributed by atoms with E-state index in [0.29, 0.717) is 5.69 Å². The van der Waals surface area contributed by atoms with Gasteiger partial charge in [0.05, 0.1) is 6.33 Å². The molecule has 3 aromatic rings. The minimum Gasteiger partial charge on any atom is -0.454 e. The molecule has 2 amide bonds. The van der Waals surface area contributed by atoms with Crippen molar-refractivity contribution >= 4 is 34.6 Å². The second-order valence-electron chi connectivity index (χ2n) is 6.40. The quantitative estimate of drug-likeness (QED) is 0.475. The molecule has 0 bridgehead atoms. The maximum absolute atomic E-state index is 12.3. The van der Waals surface area contributed by atoms with E-state index in [9.17, 15) is 24.0 Å². The molecule has 0 unspecified atom stereocenters. The van der Waals surface area contributed by atoms with Gasteiger partial charge < -0.3 is 20.4 Å². The van der Waals surface area contributed by atoms with Crippen molar-refractivity contribution in [3.8, 4) is 0 Å². The lowest BCUT2D eigenvalue weighted by molar-refractivity contribution is -0.147. The number of rotatable bonds is 6. The molecule has 0 radical (unpaired) electrons. The number of aromatic nitrogens is 4. The zero-order chi connectivity index (χ0) is 22.0. The molecule has 0 atom stereocenters. The van der Waals surface area contributed by atoms with Crippen LogP contribution in [-0.2, 0) is 35.0 Å². The largest absolute Gasteiger partial charge is 0.454 e. The fourth-order valence-electron chi connectivity index (χ4n) is 2.76. The first-order valence-electron chi connectivity index (χ1n) is 8.65. The Kier molecular flexibility index (Phi) is 5.49. The molecule has 1 aromatic carbocycles. The van der Waals surface area contributed by atoms with Gasteiger partial charge >= 0.3 is 11.7 Å². The van der Waals surface area contributed by atoms with Gasteiger partial charge in [-0.1, -0.05) is 0 Å². The summed E-state index contributed by atoms with van der Waals surface area (Å²) >= 11 is 0. The average molecular weight is 414 g/mol. The van der Waals surface area contributed by atoms with E-state index in [1.807, 2.05) is 0 Å². The molecule has 0 aliphatic heterocycles. The SMILES string of the molecule is Cn1c(=O)c2c(ncn2CC(=O)OCC(=O)Nc2ccc(C(N)=O)cc2)n(C)c1=O. The summed E-state index contributed by atoms with van der Waals surface area (Å²) in [7, 11) is 2.78. The Balaban J connectivity index is 1.64. The number of nitrogens with one attached hydrogen (secondary N) is 1. The van der Waals surface area contributed by atoms with E-state index >= 15 is 0 Å². The van der Waals surface area contributed by atoms with Gasteiger partial charge in [-0.15, -0.1) is 0 Å². The van der Waals surface area contributed by atoms with Crippen LogP contribution in [0.1, 0.15) is 10.4 Å². The fraction of sp³-hybridized carbons (Fsp3) is 0.222. The topological polar surface area (TPSA) is 160 Å². The summed E-state index contributed by atoms with van der Waals surface area (Å²) in [4.78, 5) is 63.3. The number of aryl methyl sites for hydroxylation is 1. The highest BCUT2D eigenvalue weighted by molar-refractivity contribution is 5.95. The van der Waals surface area contributed by atoms with Gasteiger partial charge in [-0.25, -0.2) is 9.78 Å². The lowest BCUT2D eigenvalue weighted by atomic mass is 10.2. The lowest BCUT2D eigenvalue weighted by Gasteiger charge is -2.08. The van der Waals surface area contributed by atoms with Crippen LogP contribution in [0.15, 0.2) is 40.2 Å². The predicted octanol–water partition coefficient (Wildman–Crippen LogP) is -1.29. The maximum Gasteiger partial charge on any atom is 0.332 e. The molecule has 12 heteroatoms. The normalized spacial score (nSPS) is 10.7. The van der Waals surface area contributed by atoms with Crippen LogP contribution < -0.4 is 22.3 Å². The van der Waals surface area contributed by atoms with Crippen molar-refractivity contribution in [2.24, 2.45) is 19.8 Å². The summed E-state index contributed by atoms with van der Waals surface area (Å²) in [5.41, 5.74) is 4.88. The minimum atomic E-state index is -0.774. The van der Waals surface area contributed by atoms with Gasteiger partial charge in [0.2, 0.25) is 5.91 Å². The monoisotopic (exact) mass is 414 g/mol. The molecule has 3 rings (SSSR count). The number of hydrogen-bond acceptors (Lipinski definition) is 7. The van der Waals surface area contributed by atoms with E-state index in [1.165, 1.54) is 53.8 Å². The average Bonchev–Trinajstić information content (AvgIpc) is 3.13. The van der Waals surface area contributed by atoms with Crippen LogP contribution in [0.25, 0.3) is 11.2 Å². The summed E-state index contributed by atoms with van der Waals surface area (Å²) in [6, 6.07) is 5.86. The number of primary amides is 1. The number of carbonyl (C=O) groups excluding carboxylic acids is 3. The Morgan fingerprint density at radius 1 is 1.10 bits per heavy atom. The highest BCUT2D eigenvalue weighted by Crippen LogP contribution is 2.09. The van der Waals surface area contributed by atoms with Crippen LogP contribution in [0.5, 0.6) is 0 Å². The molecule has 156 valence electrons. The summed E-state index contributed by atoms with van der Waals surface area (Å²) in [5.74, 6) is -1.96. The fourth-order valence-corrected chi connectivity index (χ4v) is 2.76. The van der Waals surface area contributed by atoms with E-state index in [0.717, 1.165) is 4.57 Å². The smallest absolute Gasteiger partial charge is 0.332 e. The van der Waals surface area contributed by atoms with Gasteiger partial charge in [-0.05, 0) is 24.3 Å². The zero-order valence-electron chi connectivity index (χ0n) is 16.1. The second kappa shape index (κ2) is 8.03. The van der Waals surface area contributed by atoms with Crippen LogP contribution in [0.2, 0.25) is 0 Å². The molecular formula is C18H18N6O6. The third-order valence-corrected chi connectivity index (χ3v) is 4.33. The van der Waals surface area contributed by atoms with Crippen molar-refractivity contribution in [2.45, 2.75) is 6.54 Å². The Labute approximate surface area is 168 Å². The number of hydrogen-bond donors (Lipinski definition) is 2. The van der Waals surface area contributed by atoms with Crippen LogP contribution >= 0.6 is 0 Å². The molecule has 0 spiro atoms. The number of esters is 1. The molecule has 0 saturated heterocycles. The van der Waals surface area contributed by atoms with Crippen LogP contribution in [0.4, 0.5) is 5.69 Å². The van der Waals surface area contributed by atoms with Gasteiger partial charge in [0.1, 0.15) is 6.54 Å². The Morgan fingerprint density at radius 3 is 2.40 bits per heavy atom. The molecule has 30 heavy (non-hydrogen) atoms. The summed E-state index contributed by atoms with van der Waals surface area (Å²) in [6.07, 6.45) is 1.24. The summed E-state index contributed by atoms with van der Waals surface area (Å²) in [6.45, 7) is -0.927. The number of nitrogens with two attached hydrogens (primary N) is 1.